The van der Waals surface area contributed by atoms with E-state index in [0.29, 0.717) is 5.56 Å². The van der Waals surface area contributed by atoms with Crippen LogP contribution in [0.4, 0.5) is 0 Å². The number of aliphatic carboxylic acids is 1. The maximum absolute atomic E-state index is 10.6. The van der Waals surface area contributed by atoms with E-state index in [4.69, 9.17) is 15.6 Å². The Morgan fingerprint density at radius 1 is 1.45 bits per heavy atom. The number of rotatable bonds is 4. The van der Waals surface area contributed by atoms with Gasteiger partial charge in [0, 0.05) is 6.08 Å². The first-order chi connectivity index (χ1) is 9.43. The molecule has 0 saturated heterocycles. The van der Waals surface area contributed by atoms with E-state index in [-0.39, 0.29) is 23.5 Å². The molecule has 0 aliphatic rings. The molecule has 0 unspecified atom stereocenters. The summed E-state index contributed by atoms with van der Waals surface area (Å²) in [5, 5.41) is 18.5. The summed E-state index contributed by atoms with van der Waals surface area (Å²) in [5.41, 5.74) is 5.67. The third-order valence-corrected chi connectivity index (χ3v) is 2.22. The monoisotopic (exact) mass is 275 g/mol. The first-order valence-electron chi connectivity index (χ1n) is 5.53. The number of aromatic hydroxyl groups is 1. The van der Waals surface area contributed by atoms with Crippen molar-refractivity contribution in [3.63, 3.8) is 0 Å². The third kappa shape index (κ3) is 4.38. The molecule has 0 aliphatic heterocycles. The van der Waals surface area contributed by atoms with Crippen molar-refractivity contribution in [2.45, 2.75) is 6.42 Å². The Hall–Kier alpha value is -2.94. The number of hydrogen-bond donors (Lipinski definition) is 3. The van der Waals surface area contributed by atoms with Gasteiger partial charge in [-0.2, -0.15) is 0 Å². The fourth-order valence-corrected chi connectivity index (χ4v) is 1.37. The summed E-state index contributed by atoms with van der Waals surface area (Å²) in [6.45, 7) is 0. The molecule has 20 heavy (non-hydrogen) atoms. The van der Waals surface area contributed by atoms with E-state index in [1.807, 2.05) is 0 Å². The maximum atomic E-state index is 10.6. The number of carbonyl (C=O) groups is 2. The van der Waals surface area contributed by atoms with Gasteiger partial charge in [-0.1, -0.05) is 11.8 Å². The Kier molecular flexibility index (Phi) is 5.18. The van der Waals surface area contributed by atoms with Gasteiger partial charge in [-0.15, -0.1) is 0 Å². The molecule has 0 saturated carbocycles. The second kappa shape index (κ2) is 6.85. The zero-order valence-electron chi connectivity index (χ0n) is 10.7. The lowest BCUT2D eigenvalue weighted by Gasteiger charge is -2.06. The molecule has 1 rings (SSSR count). The second-order valence-corrected chi connectivity index (χ2v) is 3.74. The van der Waals surface area contributed by atoms with Crippen molar-refractivity contribution in [2.75, 3.05) is 7.11 Å². The Morgan fingerprint density at radius 3 is 2.70 bits per heavy atom. The molecule has 1 aromatic rings. The fourth-order valence-electron chi connectivity index (χ4n) is 1.37. The van der Waals surface area contributed by atoms with Gasteiger partial charge in [0.25, 0.3) is 0 Å². The van der Waals surface area contributed by atoms with Crippen molar-refractivity contribution in [1.29, 1.82) is 0 Å². The number of phenols is 1. The molecule has 0 atom stereocenters. The molecule has 0 bridgehead atoms. The summed E-state index contributed by atoms with van der Waals surface area (Å²) in [5.74, 6) is 3.38. The highest BCUT2D eigenvalue weighted by molar-refractivity contribution is 5.85. The van der Waals surface area contributed by atoms with Gasteiger partial charge in [0.2, 0.25) is 5.91 Å². The lowest BCUT2D eigenvalue weighted by molar-refractivity contribution is -0.131. The number of nitrogens with two attached hydrogens (primary N) is 1. The van der Waals surface area contributed by atoms with Gasteiger partial charge >= 0.3 is 5.97 Å². The van der Waals surface area contributed by atoms with Crippen molar-refractivity contribution in [3.05, 3.63) is 29.3 Å². The van der Waals surface area contributed by atoms with Crippen LogP contribution in [0.2, 0.25) is 0 Å². The van der Waals surface area contributed by atoms with Crippen LogP contribution in [-0.4, -0.2) is 29.2 Å². The first kappa shape index (κ1) is 15.1. The number of carboxylic acids is 1. The van der Waals surface area contributed by atoms with E-state index in [9.17, 15) is 14.7 Å². The second-order valence-electron chi connectivity index (χ2n) is 3.74. The van der Waals surface area contributed by atoms with Gasteiger partial charge in [0.15, 0.2) is 11.5 Å². The number of methoxy groups -OCH3 is 1. The highest BCUT2D eigenvalue weighted by Crippen LogP contribution is 2.31. The van der Waals surface area contributed by atoms with Crippen LogP contribution < -0.4 is 10.5 Å². The van der Waals surface area contributed by atoms with Gasteiger partial charge < -0.3 is 20.7 Å². The highest BCUT2D eigenvalue weighted by Gasteiger charge is 2.08. The van der Waals surface area contributed by atoms with Crippen LogP contribution in [-0.2, 0) is 9.59 Å². The molecular weight excluding hydrogens is 262 g/mol. The number of carboxylic acid groups (broad SMARTS) is 1. The molecule has 0 heterocycles. The number of amides is 1. The van der Waals surface area contributed by atoms with Crippen LogP contribution in [0.3, 0.4) is 0 Å². The Labute approximate surface area is 115 Å². The molecular formula is C14H13NO5. The summed E-state index contributed by atoms with van der Waals surface area (Å²) in [4.78, 5) is 21.1. The van der Waals surface area contributed by atoms with Crippen molar-refractivity contribution in [3.8, 4) is 23.3 Å². The molecule has 0 radical (unpaired) electrons. The predicted molar refractivity (Wildman–Crippen MR) is 72.0 cm³/mol. The van der Waals surface area contributed by atoms with Crippen molar-refractivity contribution < 1.29 is 24.5 Å². The van der Waals surface area contributed by atoms with Crippen LogP contribution >= 0.6 is 0 Å². The number of phenolic OH excluding ortho intramolecular Hbond substituents is 1. The Morgan fingerprint density at radius 2 is 2.15 bits per heavy atom. The smallest absolute Gasteiger partial charge is 0.328 e. The van der Waals surface area contributed by atoms with Crippen LogP contribution in [0.15, 0.2) is 18.2 Å². The van der Waals surface area contributed by atoms with Crippen LogP contribution in [0, 0.1) is 11.8 Å². The standard InChI is InChI=1S/C14H13NO5/c1-20-11-8-9(5-6-13(17)18)7-10(14(11)19)3-2-4-12(15)16/h5-8,19H,4H2,1H3,(H2,15,16)(H,17,18). The minimum absolute atomic E-state index is 0.142. The maximum Gasteiger partial charge on any atom is 0.328 e. The normalized spacial score (nSPS) is 9.85. The van der Waals surface area contributed by atoms with Crippen LogP contribution in [0.25, 0.3) is 6.08 Å². The van der Waals surface area contributed by atoms with Gasteiger partial charge in [-0.05, 0) is 23.8 Å². The zero-order chi connectivity index (χ0) is 15.1. The SMILES string of the molecule is COc1cc(C=CC(=O)O)cc(C#CCC(N)=O)c1O. The van der Waals surface area contributed by atoms with Gasteiger partial charge in [-0.3, -0.25) is 4.79 Å². The van der Waals surface area contributed by atoms with Gasteiger partial charge in [-0.25, -0.2) is 4.79 Å². The van der Waals surface area contributed by atoms with E-state index >= 15 is 0 Å². The molecule has 1 aromatic carbocycles. The highest BCUT2D eigenvalue weighted by atomic mass is 16.5. The van der Waals surface area contributed by atoms with Crippen molar-refractivity contribution >= 4 is 18.0 Å². The summed E-state index contributed by atoms with van der Waals surface area (Å²) in [7, 11) is 1.36. The molecule has 104 valence electrons. The van der Waals surface area contributed by atoms with Crippen LogP contribution in [0.1, 0.15) is 17.5 Å². The summed E-state index contributed by atoms with van der Waals surface area (Å²) < 4.78 is 4.97. The molecule has 0 fully saturated rings. The fraction of sp³-hybridized carbons (Fsp3) is 0.143. The van der Waals surface area contributed by atoms with E-state index in [1.165, 1.54) is 25.3 Å². The third-order valence-electron chi connectivity index (χ3n) is 2.22. The molecule has 4 N–H and O–H groups in total. The molecule has 0 aliphatic carbocycles. The quantitative estimate of drug-likeness (QED) is 0.554. The van der Waals surface area contributed by atoms with Crippen molar-refractivity contribution in [2.24, 2.45) is 5.73 Å². The number of primary amides is 1. The lowest BCUT2D eigenvalue weighted by Crippen LogP contribution is -2.08. The van der Waals surface area contributed by atoms with E-state index < -0.39 is 11.9 Å². The molecule has 0 aromatic heterocycles. The van der Waals surface area contributed by atoms with Crippen LogP contribution in [0.5, 0.6) is 11.5 Å². The summed E-state index contributed by atoms with van der Waals surface area (Å²) in [6.07, 6.45) is 2.15. The molecule has 6 heteroatoms. The lowest BCUT2D eigenvalue weighted by atomic mass is 10.1. The van der Waals surface area contributed by atoms with Crippen molar-refractivity contribution in [1.82, 2.24) is 0 Å². The minimum Gasteiger partial charge on any atom is -0.503 e. The van der Waals surface area contributed by atoms with Gasteiger partial charge in [0.1, 0.15) is 0 Å². The largest absolute Gasteiger partial charge is 0.503 e. The number of carbonyl (C=O) groups excluding carboxylic acids is 1. The summed E-state index contributed by atoms with van der Waals surface area (Å²) in [6, 6.07) is 2.94. The molecule has 0 spiro atoms. The molecule has 1 amide bonds. The number of benzene rings is 1. The van der Waals surface area contributed by atoms with Gasteiger partial charge in [0.05, 0.1) is 19.1 Å². The average Bonchev–Trinajstić information content (AvgIpc) is 2.38. The first-order valence-corrected chi connectivity index (χ1v) is 5.53. The van der Waals surface area contributed by atoms with E-state index in [1.54, 1.807) is 0 Å². The molecule has 6 nitrogen and oxygen atoms in total. The predicted octanol–water partition coefficient (Wildman–Crippen LogP) is 0.726. The Balaban J connectivity index is 3.20. The zero-order valence-corrected chi connectivity index (χ0v) is 10.7. The number of ether oxygens (including phenoxy) is 1. The topological polar surface area (TPSA) is 110 Å². The van der Waals surface area contributed by atoms with E-state index in [0.717, 1.165) is 6.08 Å². The summed E-state index contributed by atoms with van der Waals surface area (Å²) >= 11 is 0. The van der Waals surface area contributed by atoms with E-state index in [2.05, 4.69) is 11.8 Å². The minimum atomic E-state index is -1.10. The Bertz CT molecular complexity index is 622. The number of hydrogen-bond acceptors (Lipinski definition) is 4. The average molecular weight is 275 g/mol.